The van der Waals surface area contributed by atoms with Crippen molar-refractivity contribution in [3.63, 3.8) is 0 Å². The quantitative estimate of drug-likeness (QED) is 0.801. The monoisotopic (exact) mass is 374 g/mol. The fraction of sp³-hybridized carbons (Fsp3) is 0.350. The van der Waals surface area contributed by atoms with E-state index in [0.29, 0.717) is 17.8 Å². The van der Waals surface area contributed by atoms with E-state index in [2.05, 4.69) is 5.32 Å². The Morgan fingerprint density at radius 2 is 1.58 bits per heavy atom. The van der Waals surface area contributed by atoms with Gasteiger partial charge in [-0.05, 0) is 63.6 Å². The topological polar surface area (TPSA) is 66.5 Å². The highest BCUT2D eigenvalue weighted by Crippen LogP contribution is 2.24. The number of amides is 1. The van der Waals surface area contributed by atoms with E-state index >= 15 is 0 Å². The van der Waals surface area contributed by atoms with Crippen LogP contribution in [0.3, 0.4) is 0 Å². The van der Waals surface area contributed by atoms with Crippen LogP contribution in [-0.2, 0) is 10.0 Å². The number of carbonyl (C=O) groups is 1. The molecule has 0 aliphatic carbocycles. The van der Waals surface area contributed by atoms with Crippen molar-refractivity contribution in [1.29, 1.82) is 0 Å². The first-order chi connectivity index (χ1) is 12.2. The first-order valence-electron chi connectivity index (χ1n) is 8.71. The minimum atomic E-state index is -3.64. The van der Waals surface area contributed by atoms with Gasteiger partial charge in [0.2, 0.25) is 0 Å². The zero-order valence-corrected chi connectivity index (χ0v) is 16.5. The van der Waals surface area contributed by atoms with E-state index in [1.165, 1.54) is 4.31 Å². The predicted octanol–water partition coefficient (Wildman–Crippen LogP) is 3.82. The fourth-order valence-corrected chi connectivity index (χ4v) is 3.95. The molecule has 0 unspecified atom stereocenters. The SMILES string of the molecule is CCN(c1ccc(C(=O)NC(C)(C)CC)cc1)S(=O)(=O)c1ccccc1. The third kappa shape index (κ3) is 4.43. The lowest BCUT2D eigenvalue weighted by molar-refractivity contribution is 0.0911. The minimum absolute atomic E-state index is 0.169. The van der Waals surface area contributed by atoms with Gasteiger partial charge in [-0.25, -0.2) is 8.42 Å². The Morgan fingerprint density at radius 3 is 2.08 bits per heavy atom. The van der Waals surface area contributed by atoms with Crippen molar-refractivity contribution in [1.82, 2.24) is 5.32 Å². The first kappa shape index (κ1) is 20.0. The van der Waals surface area contributed by atoms with E-state index in [9.17, 15) is 13.2 Å². The minimum Gasteiger partial charge on any atom is -0.347 e. The summed E-state index contributed by atoms with van der Waals surface area (Å²) in [5, 5.41) is 2.97. The largest absolute Gasteiger partial charge is 0.347 e. The predicted molar refractivity (Wildman–Crippen MR) is 105 cm³/mol. The first-order valence-corrected chi connectivity index (χ1v) is 10.2. The Labute approximate surface area is 156 Å². The summed E-state index contributed by atoms with van der Waals surface area (Å²) in [7, 11) is -3.64. The van der Waals surface area contributed by atoms with Crippen LogP contribution >= 0.6 is 0 Å². The van der Waals surface area contributed by atoms with Crippen molar-refractivity contribution < 1.29 is 13.2 Å². The van der Waals surface area contributed by atoms with Gasteiger partial charge in [0.25, 0.3) is 15.9 Å². The van der Waals surface area contributed by atoms with E-state index in [-0.39, 0.29) is 16.3 Å². The van der Waals surface area contributed by atoms with E-state index < -0.39 is 10.0 Å². The number of nitrogens with one attached hydrogen (secondary N) is 1. The van der Waals surface area contributed by atoms with Crippen molar-refractivity contribution in [2.24, 2.45) is 0 Å². The molecule has 2 rings (SSSR count). The van der Waals surface area contributed by atoms with Crippen molar-refractivity contribution in [2.45, 2.75) is 44.6 Å². The fourth-order valence-electron chi connectivity index (χ4n) is 2.46. The van der Waals surface area contributed by atoms with Crippen molar-refractivity contribution in [3.05, 3.63) is 60.2 Å². The number of benzene rings is 2. The van der Waals surface area contributed by atoms with Crippen LogP contribution in [0.15, 0.2) is 59.5 Å². The van der Waals surface area contributed by atoms with E-state index in [1.54, 1.807) is 61.5 Å². The number of nitrogens with zero attached hydrogens (tertiary/aromatic N) is 1. The molecule has 0 bridgehead atoms. The summed E-state index contributed by atoms with van der Waals surface area (Å²) in [6, 6.07) is 15.0. The van der Waals surface area contributed by atoms with Gasteiger partial charge in [-0.1, -0.05) is 25.1 Å². The molecule has 0 radical (unpaired) electrons. The second-order valence-electron chi connectivity index (χ2n) is 6.72. The van der Waals surface area contributed by atoms with Gasteiger partial charge in [0.15, 0.2) is 0 Å². The van der Waals surface area contributed by atoms with E-state index in [0.717, 1.165) is 6.42 Å². The molecule has 26 heavy (non-hydrogen) atoms. The van der Waals surface area contributed by atoms with Crippen LogP contribution in [0.5, 0.6) is 0 Å². The van der Waals surface area contributed by atoms with Gasteiger partial charge in [-0.2, -0.15) is 0 Å². The number of sulfonamides is 1. The molecule has 2 aromatic rings. The summed E-state index contributed by atoms with van der Waals surface area (Å²) < 4.78 is 27.0. The Bertz CT molecular complexity index is 844. The second-order valence-corrected chi connectivity index (χ2v) is 8.58. The van der Waals surface area contributed by atoms with Gasteiger partial charge in [-0.3, -0.25) is 9.10 Å². The van der Waals surface area contributed by atoms with Gasteiger partial charge < -0.3 is 5.32 Å². The maximum absolute atomic E-state index is 12.9. The standard InChI is InChI=1S/C20H26N2O3S/c1-5-20(3,4)21-19(23)16-12-14-17(15-13-16)22(6-2)26(24,25)18-10-8-7-9-11-18/h7-15H,5-6H2,1-4H3,(H,21,23). The van der Waals surface area contributed by atoms with Gasteiger partial charge in [0, 0.05) is 17.6 Å². The molecule has 5 nitrogen and oxygen atoms in total. The molecule has 6 heteroatoms. The van der Waals surface area contributed by atoms with Crippen LogP contribution in [0.2, 0.25) is 0 Å². The Balaban J connectivity index is 2.27. The average molecular weight is 375 g/mol. The molecule has 0 fully saturated rings. The summed E-state index contributed by atoms with van der Waals surface area (Å²) in [5.74, 6) is -0.169. The van der Waals surface area contributed by atoms with Gasteiger partial charge >= 0.3 is 0 Å². The lowest BCUT2D eigenvalue weighted by atomic mass is 10.0. The number of hydrogen-bond donors (Lipinski definition) is 1. The molecule has 2 aromatic carbocycles. The molecule has 0 aliphatic heterocycles. The van der Waals surface area contributed by atoms with Crippen molar-refractivity contribution in [2.75, 3.05) is 10.8 Å². The number of rotatable bonds is 7. The Morgan fingerprint density at radius 1 is 1.00 bits per heavy atom. The summed E-state index contributed by atoms with van der Waals surface area (Å²) in [5.41, 5.74) is 0.744. The highest BCUT2D eigenvalue weighted by molar-refractivity contribution is 7.92. The molecule has 0 aromatic heterocycles. The third-order valence-electron chi connectivity index (χ3n) is 4.37. The molecule has 0 heterocycles. The summed E-state index contributed by atoms with van der Waals surface area (Å²) >= 11 is 0. The Kier molecular flexibility index (Phi) is 6.08. The van der Waals surface area contributed by atoms with Crippen molar-refractivity contribution in [3.8, 4) is 0 Å². The van der Waals surface area contributed by atoms with Crippen LogP contribution in [0, 0.1) is 0 Å². The molecule has 1 amide bonds. The van der Waals surface area contributed by atoms with Crippen LogP contribution < -0.4 is 9.62 Å². The third-order valence-corrected chi connectivity index (χ3v) is 6.29. The highest BCUT2D eigenvalue weighted by Gasteiger charge is 2.24. The van der Waals surface area contributed by atoms with Gasteiger partial charge in [0.05, 0.1) is 10.6 Å². The lowest BCUT2D eigenvalue weighted by Crippen LogP contribution is -2.42. The molecule has 0 aliphatic rings. The molecule has 140 valence electrons. The molecule has 1 N–H and O–H groups in total. The lowest BCUT2D eigenvalue weighted by Gasteiger charge is -2.25. The number of hydrogen-bond acceptors (Lipinski definition) is 3. The van der Waals surface area contributed by atoms with Crippen LogP contribution in [-0.4, -0.2) is 26.4 Å². The van der Waals surface area contributed by atoms with Crippen LogP contribution in [0.1, 0.15) is 44.5 Å². The zero-order chi connectivity index (χ0) is 19.4. The Hall–Kier alpha value is -2.34. The van der Waals surface area contributed by atoms with Crippen molar-refractivity contribution >= 4 is 21.6 Å². The average Bonchev–Trinajstić information content (AvgIpc) is 2.63. The summed E-state index contributed by atoms with van der Waals surface area (Å²) in [6.45, 7) is 8.02. The normalized spacial score (nSPS) is 11.8. The van der Waals surface area contributed by atoms with E-state index in [4.69, 9.17) is 0 Å². The maximum atomic E-state index is 12.9. The molecule has 0 spiro atoms. The van der Waals surface area contributed by atoms with Crippen LogP contribution in [0.4, 0.5) is 5.69 Å². The molecular formula is C20H26N2O3S. The number of anilines is 1. The highest BCUT2D eigenvalue weighted by atomic mass is 32.2. The zero-order valence-electron chi connectivity index (χ0n) is 15.7. The number of carbonyl (C=O) groups excluding carboxylic acids is 1. The summed E-state index contributed by atoms with van der Waals surface area (Å²) in [4.78, 5) is 12.6. The van der Waals surface area contributed by atoms with Gasteiger partial charge in [0.1, 0.15) is 0 Å². The van der Waals surface area contributed by atoms with E-state index in [1.807, 2.05) is 20.8 Å². The molecule has 0 saturated carbocycles. The summed E-state index contributed by atoms with van der Waals surface area (Å²) in [6.07, 6.45) is 0.815. The van der Waals surface area contributed by atoms with Crippen LogP contribution in [0.25, 0.3) is 0 Å². The molecule has 0 atom stereocenters. The molecule has 0 saturated heterocycles. The van der Waals surface area contributed by atoms with Gasteiger partial charge in [-0.15, -0.1) is 0 Å². The molecular weight excluding hydrogens is 348 g/mol. The smallest absolute Gasteiger partial charge is 0.264 e. The maximum Gasteiger partial charge on any atom is 0.264 e. The second kappa shape index (κ2) is 7.91.